The minimum absolute atomic E-state index is 0.474. The second-order valence-electron chi connectivity index (χ2n) is 6.46. The molecule has 2 nitrogen and oxygen atoms in total. The Hall–Kier alpha value is -0.0800. The van der Waals surface area contributed by atoms with Crippen LogP contribution in [0.25, 0.3) is 0 Å². The van der Waals surface area contributed by atoms with Gasteiger partial charge in [0.2, 0.25) is 0 Å². The summed E-state index contributed by atoms with van der Waals surface area (Å²) in [4.78, 5) is 0. The second kappa shape index (κ2) is 7.64. The summed E-state index contributed by atoms with van der Waals surface area (Å²) in [5.74, 6) is 2.60. The molecule has 0 spiro atoms. The number of ether oxygens (including phenoxy) is 1. The van der Waals surface area contributed by atoms with Gasteiger partial charge in [0.1, 0.15) is 0 Å². The molecule has 2 fully saturated rings. The first kappa shape index (κ1) is 15.3. The fourth-order valence-electron chi connectivity index (χ4n) is 4.11. The van der Waals surface area contributed by atoms with E-state index in [4.69, 9.17) is 4.74 Å². The van der Waals surface area contributed by atoms with Gasteiger partial charge < -0.3 is 10.1 Å². The smallest absolute Gasteiger partial charge is 0.0758 e. The van der Waals surface area contributed by atoms with Gasteiger partial charge in [0.15, 0.2) is 0 Å². The van der Waals surface area contributed by atoms with Gasteiger partial charge in [-0.05, 0) is 50.5 Å². The minimum Gasteiger partial charge on any atom is -0.377 e. The van der Waals surface area contributed by atoms with E-state index in [1.54, 1.807) is 0 Å². The molecule has 0 heterocycles. The van der Waals surface area contributed by atoms with E-state index in [1.165, 1.54) is 44.9 Å². The van der Waals surface area contributed by atoms with Crippen molar-refractivity contribution in [2.45, 2.75) is 77.9 Å². The molecule has 112 valence electrons. The largest absolute Gasteiger partial charge is 0.377 e. The van der Waals surface area contributed by atoms with Crippen molar-refractivity contribution < 1.29 is 4.74 Å². The zero-order chi connectivity index (χ0) is 13.7. The lowest BCUT2D eigenvalue weighted by molar-refractivity contribution is -0.0132. The van der Waals surface area contributed by atoms with Gasteiger partial charge in [-0.3, -0.25) is 0 Å². The van der Waals surface area contributed by atoms with Gasteiger partial charge in [-0.25, -0.2) is 0 Å². The van der Waals surface area contributed by atoms with E-state index in [0.29, 0.717) is 12.1 Å². The average Bonchev–Trinajstić information content (AvgIpc) is 3.27. The van der Waals surface area contributed by atoms with Gasteiger partial charge in [-0.15, -0.1) is 0 Å². The maximum Gasteiger partial charge on any atom is 0.0758 e. The van der Waals surface area contributed by atoms with Crippen molar-refractivity contribution in [3.63, 3.8) is 0 Å². The van der Waals surface area contributed by atoms with E-state index in [1.807, 2.05) is 0 Å². The Balaban J connectivity index is 2.06. The first-order chi connectivity index (χ1) is 9.31. The molecular formula is C17H33NO. The molecular weight excluding hydrogens is 234 g/mol. The Morgan fingerprint density at radius 1 is 1.05 bits per heavy atom. The van der Waals surface area contributed by atoms with Gasteiger partial charge in [0.05, 0.1) is 6.10 Å². The monoisotopic (exact) mass is 267 g/mol. The zero-order valence-electron chi connectivity index (χ0n) is 13.2. The van der Waals surface area contributed by atoms with Crippen LogP contribution in [0.4, 0.5) is 0 Å². The van der Waals surface area contributed by atoms with Crippen LogP contribution in [0.5, 0.6) is 0 Å². The van der Waals surface area contributed by atoms with Crippen LogP contribution in [-0.2, 0) is 4.74 Å². The molecule has 2 saturated carbocycles. The quantitative estimate of drug-likeness (QED) is 0.718. The Labute approximate surface area is 119 Å². The molecule has 4 unspecified atom stereocenters. The predicted octanol–water partition coefficient (Wildman–Crippen LogP) is 4.00. The summed E-state index contributed by atoms with van der Waals surface area (Å²) in [7, 11) is 0. The molecule has 1 N–H and O–H groups in total. The molecule has 0 aliphatic heterocycles. The fraction of sp³-hybridized carbons (Fsp3) is 1.00. The molecule has 0 aromatic rings. The van der Waals surface area contributed by atoms with Gasteiger partial charge in [-0.2, -0.15) is 0 Å². The van der Waals surface area contributed by atoms with Gasteiger partial charge in [0.25, 0.3) is 0 Å². The van der Waals surface area contributed by atoms with Crippen LogP contribution < -0.4 is 5.32 Å². The average molecular weight is 267 g/mol. The molecule has 0 saturated heterocycles. The fourth-order valence-corrected chi connectivity index (χ4v) is 4.11. The first-order valence-electron chi connectivity index (χ1n) is 8.66. The highest BCUT2D eigenvalue weighted by atomic mass is 16.5. The standard InChI is InChI=1S/C17H33NO/c1-4-13-9-7-8-10-15(13)16(18-5-2)17(19-6-3)14-11-12-14/h13-18H,4-12H2,1-3H3. The molecule has 2 aliphatic carbocycles. The maximum atomic E-state index is 6.16. The van der Waals surface area contributed by atoms with Crippen LogP contribution >= 0.6 is 0 Å². The lowest BCUT2D eigenvalue weighted by Crippen LogP contribution is -2.50. The van der Waals surface area contributed by atoms with E-state index in [2.05, 4.69) is 26.1 Å². The van der Waals surface area contributed by atoms with E-state index < -0.39 is 0 Å². The van der Waals surface area contributed by atoms with E-state index >= 15 is 0 Å². The van der Waals surface area contributed by atoms with Gasteiger partial charge in [-0.1, -0.05) is 39.5 Å². The zero-order valence-corrected chi connectivity index (χ0v) is 13.2. The molecule has 0 bridgehead atoms. The molecule has 0 aromatic carbocycles. The third-order valence-electron chi connectivity index (χ3n) is 5.19. The highest BCUT2D eigenvalue weighted by Gasteiger charge is 2.42. The van der Waals surface area contributed by atoms with Crippen LogP contribution in [0, 0.1) is 17.8 Å². The van der Waals surface area contributed by atoms with Gasteiger partial charge in [0, 0.05) is 12.6 Å². The number of rotatable bonds is 8. The molecule has 2 heteroatoms. The normalized spacial score (nSPS) is 31.1. The highest BCUT2D eigenvalue weighted by Crippen LogP contribution is 2.42. The lowest BCUT2D eigenvalue weighted by atomic mass is 9.72. The summed E-state index contributed by atoms with van der Waals surface area (Å²) in [6, 6.07) is 0.600. The number of hydrogen-bond donors (Lipinski definition) is 1. The lowest BCUT2D eigenvalue weighted by Gasteiger charge is -2.41. The Kier molecular flexibility index (Phi) is 6.15. The summed E-state index contributed by atoms with van der Waals surface area (Å²) in [5, 5.41) is 3.80. The Bertz CT molecular complexity index is 252. The van der Waals surface area contributed by atoms with Crippen LogP contribution in [0.2, 0.25) is 0 Å². The molecule has 0 amide bonds. The van der Waals surface area contributed by atoms with Crippen molar-refractivity contribution in [3.05, 3.63) is 0 Å². The molecule has 2 rings (SSSR count). The molecule has 2 aliphatic rings. The van der Waals surface area contributed by atoms with Crippen LogP contribution in [0.3, 0.4) is 0 Å². The van der Waals surface area contributed by atoms with Crippen molar-refractivity contribution in [3.8, 4) is 0 Å². The third kappa shape index (κ3) is 3.95. The van der Waals surface area contributed by atoms with Gasteiger partial charge >= 0.3 is 0 Å². The number of likely N-dealkylation sites (N-methyl/N-ethyl adjacent to an activating group) is 1. The Morgan fingerprint density at radius 2 is 1.79 bits per heavy atom. The summed E-state index contributed by atoms with van der Waals surface area (Å²) in [6.45, 7) is 8.71. The summed E-state index contributed by atoms with van der Waals surface area (Å²) >= 11 is 0. The predicted molar refractivity (Wildman–Crippen MR) is 81.3 cm³/mol. The van der Waals surface area contributed by atoms with Crippen molar-refractivity contribution >= 4 is 0 Å². The van der Waals surface area contributed by atoms with Crippen molar-refractivity contribution in [2.75, 3.05) is 13.2 Å². The van der Waals surface area contributed by atoms with E-state index in [0.717, 1.165) is 30.9 Å². The van der Waals surface area contributed by atoms with Crippen molar-refractivity contribution in [1.82, 2.24) is 5.32 Å². The third-order valence-corrected chi connectivity index (χ3v) is 5.19. The second-order valence-corrected chi connectivity index (χ2v) is 6.46. The summed E-state index contributed by atoms with van der Waals surface area (Å²) in [6.07, 6.45) is 10.3. The van der Waals surface area contributed by atoms with Crippen LogP contribution in [0.15, 0.2) is 0 Å². The highest BCUT2D eigenvalue weighted by molar-refractivity contribution is 4.96. The maximum absolute atomic E-state index is 6.16. The number of nitrogens with one attached hydrogen (secondary N) is 1. The Morgan fingerprint density at radius 3 is 2.37 bits per heavy atom. The number of hydrogen-bond acceptors (Lipinski definition) is 2. The van der Waals surface area contributed by atoms with Crippen molar-refractivity contribution in [1.29, 1.82) is 0 Å². The topological polar surface area (TPSA) is 21.3 Å². The molecule has 19 heavy (non-hydrogen) atoms. The molecule has 0 radical (unpaired) electrons. The SMILES string of the molecule is CCNC(C1CCCCC1CC)C(OCC)C1CC1. The van der Waals surface area contributed by atoms with E-state index in [9.17, 15) is 0 Å². The first-order valence-corrected chi connectivity index (χ1v) is 8.66. The van der Waals surface area contributed by atoms with Crippen LogP contribution in [0.1, 0.15) is 65.7 Å². The summed E-state index contributed by atoms with van der Waals surface area (Å²) < 4.78 is 6.16. The summed E-state index contributed by atoms with van der Waals surface area (Å²) in [5.41, 5.74) is 0. The van der Waals surface area contributed by atoms with E-state index in [-0.39, 0.29) is 0 Å². The molecule has 0 aromatic heterocycles. The van der Waals surface area contributed by atoms with Crippen LogP contribution in [-0.4, -0.2) is 25.3 Å². The van der Waals surface area contributed by atoms with Crippen molar-refractivity contribution in [2.24, 2.45) is 17.8 Å². The molecule has 4 atom stereocenters. The minimum atomic E-state index is 0.474.